The Labute approximate surface area is 204 Å². The van der Waals surface area contributed by atoms with Crippen molar-refractivity contribution in [2.24, 2.45) is 4.99 Å². The molecule has 0 spiro atoms. The zero-order valence-electron chi connectivity index (χ0n) is 17.0. The summed E-state index contributed by atoms with van der Waals surface area (Å²) in [6.07, 6.45) is 8.94. The number of rotatable bonds is 4. The number of aliphatic imine (C=N–C) groups is 1. The molecule has 9 heteroatoms. The van der Waals surface area contributed by atoms with Crippen LogP contribution < -0.4 is 0 Å². The second-order valence-corrected chi connectivity index (χ2v) is 10.3. The number of hydrogen-bond donors (Lipinski definition) is 0. The molecule has 5 nitrogen and oxygen atoms in total. The molecule has 0 N–H and O–H groups in total. The van der Waals surface area contributed by atoms with Crippen molar-refractivity contribution in [1.82, 2.24) is 9.88 Å². The second-order valence-electron chi connectivity index (χ2n) is 7.59. The molecule has 5 rings (SSSR count). The molecule has 1 amide bonds. The van der Waals surface area contributed by atoms with Gasteiger partial charge in [-0.2, -0.15) is 4.99 Å². The van der Waals surface area contributed by atoms with Gasteiger partial charge in [-0.15, -0.1) is 11.3 Å². The molecule has 2 aliphatic rings. The molecule has 3 heterocycles. The zero-order valence-corrected chi connectivity index (χ0v) is 20.1. The van der Waals surface area contributed by atoms with Crippen LogP contribution in [0.25, 0.3) is 17.4 Å². The topological polar surface area (TPSA) is 58.7 Å². The number of benzene rings is 1. The van der Waals surface area contributed by atoms with Gasteiger partial charge in [0, 0.05) is 23.7 Å². The van der Waals surface area contributed by atoms with E-state index in [9.17, 15) is 4.79 Å². The highest BCUT2D eigenvalue weighted by Crippen LogP contribution is 2.40. The van der Waals surface area contributed by atoms with Crippen LogP contribution in [0.3, 0.4) is 0 Å². The number of amidine groups is 1. The minimum absolute atomic E-state index is 0.0362. The number of nitrogens with zero attached hydrogens (tertiary/aromatic N) is 3. The van der Waals surface area contributed by atoms with Crippen molar-refractivity contribution in [2.45, 2.75) is 38.1 Å². The van der Waals surface area contributed by atoms with Crippen molar-refractivity contribution < 1.29 is 9.21 Å². The quantitative estimate of drug-likeness (QED) is 0.343. The average molecular weight is 504 g/mol. The van der Waals surface area contributed by atoms with Crippen LogP contribution in [0.15, 0.2) is 56.2 Å². The van der Waals surface area contributed by atoms with Crippen molar-refractivity contribution in [3.05, 3.63) is 62.6 Å². The van der Waals surface area contributed by atoms with Gasteiger partial charge in [-0.05, 0) is 48.9 Å². The molecule has 1 aliphatic heterocycles. The molecule has 2 fully saturated rings. The van der Waals surface area contributed by atoms with E-state index in [2.05, 4.69) is 9.98 Å². The lowest BCUT2D eigenvalue weighted by Crippen LogP contribution is -2.40. The average Bonchev–Trinajstić information content (AvgIpc) is 3.52. The summed E-state index contributed by atoms with van der Waals surface area (Å²) in [5.74, 6) is 1.08. The molecule has 2 aromatic heterocycles. The molecule has 3 aromatic rings. The summed E-state index contributed by atoms with van der Waals surface area (Å²) in [7, 11) is 0. The Balaban J connectivity index is 1.47. The first-order chi connectivity index (χ1) is 15.6. The predicted octanol–water partition coefficient (Wildman–Crippen LogP) is 7.65. The first kappa shape index (κ1) is 21.8. The lowest BCUT2D eigenvalue weighted by molar-refractivity contribution is -0.124. The van der Waals surface area contributed by atoms with Crippen molar-refractivity contribution >= 4 is 68.6 Å². The van der Waals surface area contributed by atoms with Crippen molar-refractivity contribution in [1.29, 1.82) is 0 Å². The fraction of sp³-hybridized carbons (Fsp3) is 0.261. The number of amides is 1. The van der Waals surface area contributed by atoms with Crippen LogP contribution in [0.1, 0.15) is 37.9 Å². The first-order valence-electron chi connectivity index (χ1n) is 10.4. The molecule has 0 radical (unpaired) electrons. The molecule has 1 saturated carbocycles. The van der Waals surface area contributed by atoms with Gasteiger partial charge in [0.15, 0.2) is 5.17 Å². The Hall–Kier alpha value is -2.06. The van der Waals surface area contributed by atoms with Crippen LogP contribution in [0.5, 0.6) is 0 Å². The smallest absolute Gasteiger partial charge is 0.267 e. The summed E-state index contributed by atoms with van der Waals surface area (Å²) in [4.78, 5) is 24.8. The maximum Gasteiger partial charge on any atom is 0.267 e. The van der Waals surface area contributed by atoms with Gasteiger partial charge in [0.25, 0.3) is 5.91 Å². The SMILES string of the molecule is O=C1/C(=C\c2ccc(-c3c(Cl)cccc3Cl)o2)S/C(=N/c2nccs2)N1C1CCCCC1. The Morgan fingerprint density at radius 1 is 1.12 bits per heavy atom. The summed E-state index contributed by atoms with van der Waals surface area (Å²) in [6, 6.07) is 9.12. The number of hydrogen-bond acceptors (Lipinski definition) is 6. The van der Waals surface area contributed by atoms with Crippen molar-refractivity contribution in [2.75, 3.05) is 0 Å². The molecule has 1 aromatic carbocycles. The number of furan rings is 1. The number of thiazole rings is 1. The molecular formula is C23H19Cl2N3O2S2. The van der Waals surface area contributed by atoms with E-state index in [1.165, 1.54) is 29.5 Å². The third kappa shape index (κ3) is 4.39. The minimum atomic E-state index is -0.0362. The van der Waals surface area contributed by atoms with Crippen LogP contribution in [0.4, 0.5) is 5.13 Å². The Morgan fingerprint density at radius 2 is 1.91 bits per heavy atom. The largest absolute Gasteiger partial charge is 0.457 e. The summed E-state index contributed by atoms with van der Waals surface area (Å²) in [5.41, 5.74) is 0.640. The van der Waals surface area contributed by atoms with Gasteiger partial charge in [0.1, 0.15) is 11.5 Å². The molecule has 1 aliphatic carbocycles. The van der Waals surface area contributed by atoms with E-state index in [4.69, 9.17) is 27.6 Å². The number of halogens is 2. The predicted molar refractivity (Wildman–Crippen MR) is 133 cm³/mol. The van der Waals surface area contributed by atoms with E-state index in [0.717, 1.165) is 25.7 Å². The van der Waals surface area contributed by atoms with Crippen molar-refractivity contribution in [3.8, 4) is 11.3 Å². The highest BCUT2D eigenvalue weighted by Gasteiger charge is 2.39. The summed E-state index contributed by atoms with van der Waals surface area (Å²) < 4.78 is 5.98. The normalized spacial score (nSPS) is 20.1. The van der Waals surface area contributed by atoms with Gasteiger partial charge < -0.3 is 4.42 Å². The van der Waals surface area contributed by atoms with Crippen molar-refractivity contribution in [3.63, 3.8) is 0 Å². The monoisotopic (exact) mass is 503 g/mol. The molecule has 0 atom stereocenters. The maximum absolute atomic E-state index is 13.4. The molecule has 1 saturated heterocycles. The van der Waals surface area contributed by atoms with E-state index < -0.39 is 0 Å². The molecule has 0 unspecified atom stereocenters. The molecule has 32 heavy (non-hydrogen) atoms. The lowest BCUT2D eigenvalue weighted by Gasteiger charge is -2.30. The molecule has 0 bridgehead atoms. The Bertz CT molecular complexity index is 1180. The van der Waals surface area contributed by atoms with Crippen LogP contribution >= 0.6 is 46.3 Å². The summed E-state index contributed by atoms with van der Waals surface area (Å²) >= 11 is 15.4. The third-order valence-electron chi connectivity index (χ3n) is 5.50. The van der Waals surface area contributed by atoms with E-state index in [1.807, 2.05) is 22.4 Å². The van der Waals surface area contributed by atoms with Gasteiger partial charge in [0.05, 0.1) is 20.5 Å². The lowest BCUT2D eigenvalue weighted by atomic mass is 9.94. The van der Waals surface area contributed by atoms with Crippen LogP contribution in [-0.2, 0) is 4.79 Å². The minimum Gasteiger partial charge on any atom is -0.457 e. The fourth-order valence-electron chi connectivity index (χ4n) is 4.01. The van der Waals surface area contributed by atoms with E-state index >= 15 is 0 Å². The fourth-order valence-corrected chi connectivity index (χ4v) is 6.17. The molecular weight excluding hydrogens is 485 g/mol. The Morgan fingerprint density at radius 3 is 2.62 bits per heavy atom. The first-order valence-corrected chi connectivity index (χ1v) is 12.8. The van der Waals surface area contributed by atoms with Crippen LogP contribution in [0, 0.1) is 0 Å². The number of aromatic nitrogens is 1. The summed E-state index contributed by atoms with van der Waals surface area (Å²) in [5, 5.41) is 4.24. The van der Waals surface area contributed by atoms with Gasteiger partial charge in [-0.3, -0.25) is 9.69 Å². The third-order valence-corrected chi connectivity index (χ3v) is 7.77. The standard InChI is InChI=1S/C23H19Cl2N3O2S2/c24-16-7-4-8-17(25)20(16)18-10-9-15(30-18)13-19-21(29)28(14-5-2-1-3-6-14)23(32-19)27-22-26-11-12-31-22/h4,7-14H,1-3,5-6H2/b19-13+,27-23+. The van der Waals surface area contributed by atoms with Gasteiger partial charge in [-0.25, -0.2) is 4.98 Å². The highest BCUT2D eigenvalue weighted by atomic mass is 35.5. The van der Waals surface area contributed by atoms with Gasteiger partial charge in [0.2, 0.25) is 5.13 Å². The van der Waals surface area contributed by atoms with E-state index in [0.29, 0.717) is 42.3 Å². The zero-order chi connectivity index (χ0) is 22.1. The Kier molecular flexibility index (Phi) is 6.42. The maximum atomic E-state index is 13.4. The van der Waals surface area contributed by atoms with E-state index in [1.54, 1.807) is 30.5 Å². The van der Waals surface area contributed by atoms with E-state index in [-0.39, 0.29) is 11.9 Å². The van der Waals surface area contributed by atoms with Gasteiger partial charge >= 0.3 is 0 Å². The highest BCUT2D eigenvalue weighted by molar-refractivity contribution is 8.18. The number of carbonyl (C=O) groups is 1. The molecule has 164 valence electrons. The van der Waals surface area contributed by atoms with Crippen LogP contribution in [0.2, 0.25) is 10.0 Å². The second kappa shape index (κ2) is 9.43. The van der Waals surface area contributed by atoms with Crippen LogP contribution in [-0.4, -0.2) is 27.0 Å². The van der Waals surface area contributed by atoms with Gasteiger partial charge in [-0.1, -0.05) is 48.5 Å². The number of carbonyl (C=O) groups excluding carboxylic acids is 1. The number of thioether (sulfide) groups is 1. The summed E-state index contributed by atoms with van der Waals surface area (Å²) in [6.45, 7) is 0.